The molecule has 0 saturated heterocycles. The number of allylic oxidation sites excluding steroid dienone is 4. The quantitative estimate of drug-likeness (QED) is 0.257. The van der Waals surface area contributed by atoms with Crippen molar-refractivity contribution >= 4 is 24.0 Å². The van der Waals surface area contributed by atoms with Crippen molar-refractivity contribution in [3.05, 3.63) is 66.6 Å². The Hall–Kier alpha value is 0.0601. The van der Waals surface area contributed by atoms with Gasteiger partial charge in [0.05, 0.1) is 0 Å². The van der Waals surface area contributed by atoms with Gasteiger partial charge < -0.3 is 24.8 Å². The van der Waals surface area contributed by atoms with E-state index in [4.69, 9.17) is 0 Å². The minimum absolute atomic E-state index is 0. The van der Waals surface area contributed by atoms with Gasteiger partial charge in [0.15, 0.2) is 0 Å². The van der Waals surface area contributed by atoms with Crippen LogP contribution in [0.15, 0.2) is 60.2 Å². The maximum Gasteiger partial charge on any atom is 4.00 e. The summed E-state index contributed by atoms with van der Waals surface area (Å²) in [5, 5.41) is 4.26. The van der Waals surface area contributed by atoms with Crippen molar-refractivity contribution in [1.29, 1.82) is 0 Å². The Morgan fingerprint density at radius 1 is 1.12 bits per heavy atom. The molecule has 2 aromatic carbocycles. The third-order valence-corrected chi connectivity index (χ3v) is 5.62. The van der Waals surface area contributed by atoms with Crippen molar-refractivity contribution in [3.63, 3.8) is 0 Å². The van der Waals surface area contributed by atoms with E-state index in [0.717, 1.165) is 5.92 Å². The smallest absolute Gasteiger partial charge is 1.00 e. The molecule has 1 fully saturated rings. The van der Waals surface area contributed by atoms with Crippen LogP contribution in [0.5, 0.6) is 0 Å². The molecule has 1 unspecified atom stereocenters. The van der Waals surface area contributed by atoms with E-state index in [1.54, 1.807) is 5.57 Å². The van der Waals surface area contributed by atoms with Crippen LogP contribution in [0.4, 0.5) is 0 Å². The normalized spacial score (nSPS) is 17.3. The molecule has 2 aliphatic rings. The fourth-order valence-corrected chi connectivity index (χ4v) is 3.85. The summed E-state index contributed by atoms with van der Waals surface area (Å²) in [5.41, 5.74) is 1.58. The van der Waals surface area contributed by atoms with E-state index in [1.165, 1.54) is 35.3 Å². The average Bonchev–Trinajstić information content (AvgIpc) is 3.14. The van der Waals surface area contributed by atoms with Gasteiger partial charge in [-0.1, -0.05) is 12.5 Å². The number of fused-ring (bicyclic) bond motifs is 2. The Morgan fingerprint density at radius 2 is 1.88 bits per heavy atom. The first kappa shape index (κ1) is 24.1. The zero-order valence-corrected chi connectivity index (χ0v) is 20.2. The van der Waals surface area contributed by atoms with Crippen LogP contribution in [-0.2, 0) is 25.8 Å². The summed E-state index contributed by atoms with van der Waals surface area (Å²) in [6.45, 7) is 4.59. The SMILES string of the molecule is C1=CCC2CC[CH-]C2=C1.CP(C)c1cc2ccccc2[cH-]1.[Cl-].[Cl-].[Hf+4]. The summed E-state index contributed by atoms with van der Waals surface area (Å²) >= 11 is 0. The van der Waals surface area contributed by atoms with E-state index >= 15 is 0 Å². The first-order valence-corrected chi connectivity index (χ1v) is 10.0. The second kappa shape index (κ2) is 11.6. The minimum atomic E-state index is 0. The van der Waals surface area contributed by atoms with Gasteiger partial charge in [-0.2, -0.15) is 6.07 Å². The maximum atomic E-state index is 2.37. The van der Waals surface area contributed by atoms with Gasteiger partial charge in [0.1, 0.15) is 0 Å². The van der Waals surface area contributed by atoms with Crippen molar-refractivity contribution in [2.45, 2.75) is 19.3 Å². The van der Waals surface area contributed by atoms with Crippen LogP contribution >= 0.6 is 7.92 Å². The molecule has 2 aromatic rings. The number of hydrogen-bond acceptors (Lipinski definition) is 0. The van der Waals surface area contributed by atoms with Crippen molar-refractivity contribution < 1.29 is 50.7 Å². The molecular formula is C20H23Cl2HfP. The van der Waals surface area contributed by atoms with Gasteiger partial charge in [-0.15, -0.1) is 66.8 Å². The largest absolute Gasteiger partial charge is 4.00 e. The van der Waals surface area contributed by atoms with Gasteiger partial charge in [0.2, 0.25) is 0 Å². The molecule has 2 aliphatic carbocycles. The average molecular weight is 544 g/mol. The van der Waals surface area contributed by atoms with Gasteiger partial charge >= 0.3 is 25.8 Å². The summed E-state index contributed by atoms with van der Waals surface area (Å²) in [5.74, 6) is 0.884. The predicted molar refractivity (Wildman–Crippen MR) is 96.8 cm³/mol. The summed E-state index contributed by atoms with van der Waals surface area (Å²) in [7, 11) is 0.0576. The van der Waals surface area contributed by atoms with Crippen molar-refractivity contribution in [1.82, 2.24) is 0 Å². The molecule has 4 rings (SSSR count). The van der Waals surface area contributed by atoms with Crippen LogP contribution < -0.4 is 30.1 Å². The van der Waals surface area contributed by atoms with Crippen LogP contribution in [0.2, 0.25) is 0 Å². The molecule has 4 heteroatoms. The summed E-state index contributed by atoms with van der Waals surface area (Å²) in [6.07, 6.45) is 13.0. The Balaban J connectivity index is 0.000000402. The molecule has 126 valence electrons. The molecule has 24 heavy (non-hydrogen) atoms. The summed E-state index contributed by atoms with van der Waals surface area (Å²) < 4.78 is 0. The first-order chi connectivity index (χ1) is 10.2. The molecule has 0 aromatic heterocycles. The van der Waals surface area contributed by atoms with E-state index in [1.807, 2.05) is 0 Å². The monoisotopic (exact) mass is 544 g/mol. The van der Waals surface area contributed by atoms with E-state index in [-0.39, 0.29) is 58.6 Å². The second-order valence-electron chi connectivity index (χ2n) is 6.05. The van der Waals surface area contributed by atoms with E-state index in [2.05, 4.69) is 74.4 Å². The third-order valence-electron chi connectivity index (χ3n) is 4.33. The fraction of sp³-hybridized carbons (Fsp3) is 0.300. The molecule has 0 nitrogen and oxygen atoms in total. The Labute approximate surface area is 178 Å². The van der Waals surface area contributed by atoms with E-state index in [0.29, 0.717) is 0 Å². The number of rotatable bonds is 1. The van der Waals surface area contributed by atoms with Crippen LogP contribution in [0.1, 0.15) is 19.3 Å². The van der Waals surface area contributed by atoms with E-state index in [9.17, 15) is 0 Å². The molecular weight excluding hydrogens is 521 g/mol. The van der Waals surface area contributed by atoms with Crippen molar-refractivity contribution in [2.24, 2.45) is 5.92 Å². The van der Waals surface area contributed by atoms with Crippen LogP contribution in [0, 0.1) is 12.3 Å². The van der Waals surface area contributed by atoms with Gasteiger partial charge in [0, 0.05) is 0 Å². The second-order valence-corrected chi connectivity index (χ2v) is 8.35. The molecule has 0 aliphatic heterocycles. The summed E-state index contributed by atoms with van der Waals surface area (Å²) in [6, 6.07) is 13.2. The first-order valence-electron chi connectivity index (χ1n) is 7.77. The molecule has 0 spiro atoms. The zero-order valence-electron chi connectivity index (χ0n) is 14.2. The maximum absolute atomic E-state index is 2.37. The molecule has 1 atom stereocenters. The standard InChI is InChI=1S/C11H12P.C9H11.2ClH.Hf/c1-12(2)11-7-9-5-3-4-6-10(9)8-11;1-2-5-9-7-3-6-8(9)4-1;;;/h3-8H,1-2H3;1-2,4,6,9H,3,5,7H2;2*1H;/q2*-1;;;+4/p-2. The van der Waals surface area contributed by atoms with E-state index < -0.39 is 0 Å². The van der Waals surface area contributed by atoms with Crippen LogP contribution in [0.3, 0.4) is 0 Å². The number of benzene rings is 1. The Morgan fingerprint density at radius 3 is 2.54 bits per heavy atom. The number of hydrogen-bond donors (Lipinski definition) is 0. The van der Waals surface area contributed by atoms with Gasteiger partial charge in [0.25, 0.3) is 0 Å². The molecule has 0 heterocycles. The Bertz CT molecular complexity index is 640. The molecule has 0 N–H and O–H groups in total. The summed E-state index contributed by atoms with van der Waals surface area (Å²) in [4.78, 5) is 0. The minimum Gasteiger partial charge on any atom is -1.00 e. The molecule has 0 amide bonds. The number of halogens is 2. The fourth-order valence-electron chi connectivity index (χ4n) is 3.06. The topological polar surface area (TPSA) is 0 Å². The predicted octanol–water partition coefficient (Wildman–Crippen LogP) is -0.582. The Kier molecular flexibility index (Phi) is 11.7. The zero-order chi connectivity index (χ0) is 14.7. The van der Waals surface area contributed by atoms with Gasteiger partial charge in [-0.3, -0.25) is 0 Å². The molecule has 1 saturated carbocycles. The van der Waals surface area contributed by atoms with Gasteiger partial charge in [-0.25, -0.2) is 18.1 Å². The van der Waals surface area contributed by atoms with Crippen molar-refractivity contribution in [3.8, 4) is 0 Å². The third kappa shape index (κ3) is 6.10. The van der Waals surface area contributed by atoms with Crippen LogP contribution in [0.25, 0.3) is 10.8 Å². The molecule has 0 radical (unpaired) electrons. The van der Waals surface area contributed by atoms with Gasteiger partial charge in [-0.05, 0) is 25.7 Å². The van der Waals surface area contributed by atoms with Crippen LogP contribution in [-0.4, -0.2) is 13.3 Å². The molecule has 0 bridgehead atoms. The van der Waals surface area contributed by atoms with Crippen molar-refractivity contribution in [2.75, 3.05) is 13.3 Å².